The molecule has 18 heavy (non-hydrogen) atoms. The highest BCUT2D eigenvalue weighted by Gasteiger charge is 2.14. The smallest absolute Gasteiger partial charge is 0.356 e. The molecule has 1 aromatic carbocycles. The van der Waals surface area contributed by atoms with Crippen LogP contribution in [0.25, 0.3) is 0 Å². The van der Waals surface area contributed by atoms with Gasteiger partial charge in [-0.25, -0.2) is 4.79 Å². The maximum Gasteiger partial charge on any atom is 0.356 e. The molecule has 0 bridgehead atoms. The average Bonchev–Trinajstić information content (AvgIpc) is 2.37. The van der Waals surface area contributed by atoms with Crippen LogP contribution >= 0.6 is 0 Å². The van der Waals surface area contributed by atoms with Crippen molar-refractivity contribution in [1.82, 2.24) is 10.2 Å². The largest absolute Gasteiger partial charge is 0.464 e. The van der Waals surface area contributed by atoms with E-state index in [4.69, 9.17) is 0 Å². The van der Waals surface area contributed by atoms with Gasteiger partial charge in [-0.2, -0.15) is 0 Å². The van der Waals surface area contributed by atoms with Gasteiger partial charge < -0.3 is 15.0 Å². The van der Waals surface area contributed by atoms with E-state index in [1.807, 2.05) is 6.07 Å². The molecule has 5 heteroatoms. The maximum atomic E-state index is 11.9. The fourth-order valence-electron chi connectivity index (χ4n) is 1.29. The molecule has 5 nitrogen and oxygen atoms in total. The van der Waals surface area contributed by atoms with Gasteiger partial charge in [-0.15, -0.1) is 0 Å². The van der Waals surface area contributed by atoms with Gasteiger partial charge in [0.2, 0.25) is 0 Å². The minimum atomic E-state index is -0.590. The molecular weight excluding hydrogens is 232 g/mol. The van der Waals surface area contributed by atoms with Crippen LogP contribution in [-0.4, -0.2) is 38.0 Å². The Morgan fingerprint density at radius 3 is 2.33 bits per heavy atom. The molecule has 0 saturated heterocycles. The number of benzene rings is 1. The van der Waals surface area contributed by atoms with Crippen molar-refractivity contribution < 1.29 is 14.3 Å². The van der Waals surface area contributed by atoms with E-state index in [0.717, 1.165) is 0 Å². The Morgan fingerprint density at radius 2 is 1.83 bits per heavy atom. The molecule has 0 aromatic heterocycles. The van der Waals surface area contributed by atoms with Gasteiger partial charge in [0.1, 0.15) is 5.70 Å². The minimum absolute atomic E-state index is 0.0938. The summed E-state index contributed by atoms with van der Waals surface area (Å²) in [6.45, 7) is 0. The van der Waals surface area contributed by atoms with Crippen molar-refractivity contribution in [2.45, 2.75) is 0 Å². The summed E-state index contributed by atoms with van der Waals surface area (Å²) in [6, 6.07) is 8.65. The first-order valence-electron chi connectivity index (χ1n) is 5.37. The highest BCUT2D eigenvalue weighted by atomic mass is 16.5. The lowest BCUT2D eigenvalue weighted by Crippen LogP contribution is -2.29. The Bertz CT molecular complexity index is 453. The van der Waals surface area contributed by atoms with Crippen LogP contribution in [0, 0.1) is 0 Å². The molecule has 1 amide bonds. The van der Waals surface area contributed by atoms with Gasteiger partial charge in [0, 0.05) is 25.9 Å². The van der Waals surface area contributed by atoms with E-state index < -0.39 is 5.97 Å². The molecule has 0 aliphatic rings. The van der Waals surface area contributed by atoms with Crippen molar-refractivity contribution in [2.75, 3.05) is 21.2 Å². The Hall–Kier alpha value is -2.30. The number of esters is 1. The first-order chi connectivity index (χ1) is 8.54. The molecule has 96 valence electrons. The summed E-state index contributed by atoms with van der Waals surface area (Å²) in [7, 11) is 4.76. The van der Waals surface area contributed by atoms with Gasteiger partial charge in [0.25, 0.3) is 5.91 Å². The second-order valence-corrected chi connectivity index (χ2v) is 3.82. The fraction of sp³-hybridized carbons (Fsp3) is 0.231. The van der Waals surface area contributed by atoms with Gasteiger partial charge in [-0.05, 0) is 12.1 Å². The molecule has 0 heterocycles. The molecule has 0 radical (unpaired) electrons. The van der Waals surface area contributed by atoms with Crippen LogP contribution in [0.1, 0.15) is 10.4 Å². The molecule has 0 aliphatic heterocycles. The van der Waals surface area contributed by atoms with E-state index in [1.54, 1.807) is 43.3 Å². The zero-order valence-corrected chi connectivity index (χ0v) is 10.6. The highest BCUT2D eigenvalue weighted by molar-refractivity contribution is 6.00. The number of methoxy groups -OCH3 is 1. The lowest BCUT2D eigenvalue weighted by atomic mass is 10.2. The predicted molar refractivity (Wildman–Crippen MR) is 67.7 cm³/mol. The second kappa shape index (κ2) is 6.44. The van der Waals surface area contributed by atoms with E-state index in [-0.39, 0.29) is 11.6 Å². The standard InChI is InChI=1S/C13H16N2O3/c1-15(2)9-11(13(17)18-3)14-12(16)10-7-5-4-6-8-10/h4-9H,1-3H3,(H,14,16)/b11-9+. The Kier molecular flexibility index (Phi) is 4.92. The first-order valence-corrected chi connectivity index (χ1v) is 5.37. The molecule has 0 saturated carbocycles. The highest BCUT2D eigenvalue weighted by Crippen LogP contribution is 2.01. The van der Waals surface area contributed by atoms with Crippen LogP contribution < -0.4 is 5.32 Å². The molecule has 1 aromatic rings. The first kappa shape index (κ1) is 13.8. The number of ether oxygens (including phenoxy) is 1. The monoisotopic (exact) mass is 248 g/mol. The van der Waals surface area contributed by atoms with Crippen molar-refractivity contribution in [3.05, 3.63) is 47.8 Å². The van der Waals surface area contributed by atoms with E-state index >= 15 is 0 Å². The van der Waals surface area contributed by atoms with Gasteiger partial charge in [-0.3, -0.25) is 4.79 Å². The molecule has 0 atom stereocenters. The third-order valence-electron chi connectivity index (χ3n) is 2.08. The number of amides is 1. The Balaban J connectivity index is 2.85. The zero-order valence-electron chi connectivity index (χ0n) is 10.6. The Labute approximate surface area is 106 Å². The number of carbonyl (C=O) groups excluding carboxylic acids is 2. The lowest BCUT2D eigenvalue weighted by Gasteiger charge is -2.11. The summed E-state index contributed by atoms with van der Waals surface area (Å²) < 4.78 is 4.60. The minimum Gasteiger partial charge on any atom is -0.464 e. The molecular formula is C13H16N2O3. The molecule has 0 unspecified atom stereocenters. The van der Waals surface area contributed by atoms with Gasteiger partial charge in [0.15, 0.2) is 0 Å². The van der Waals surface area contributed by atoms with Crippen molar-refractivity contribution in [1.29, 1.82) is 0 Å². The molecule has 1 N–H and O–H groups in total. The number of hydrogen-bond donors (Lipinski definition) is 1. The Morgan fingerprint density at radius 1 is 1.22 bits per heavy atom. The van der Waals surface area contributed by atoms with Crippen LogP contribution in [-0.2, 0) is 9.53 Å². The molecule has 0 fully saturated rings. The number of nitrogens with one attached hydrogen (secondary N) is 1. The normalized spacial score (nSPS) is 10.7. The lowest BCUT2D eigenvalue weighted by molar-refractivity contribution is -0.136. The maximum absolute atomic E-state index is 11.9. The molecule has 0 aliphatic carbocycles. The van der Waals surface area contributed by atoms with E-state index in [0.29, 0.717) is 5.56 Å². The summed E-state index contributed by atoms with van der Waals surface area (Å²) in [6.07, 6.45) is 1.49. The van der Waals surface area contributed by atoms with E-state index in [2.05, 4.69) is 10.1 Å². The van der Waals surface area contributed by atoms with Crippen LogP contribution in [0.5, 0.6) is 0 Å². The number of hydrogen-bond acceptors (Lipinski definition) is 4. The summed E-state index contributed by atoms with van der Waals surface area (Å²) in [5.74, 6) is -0.943. The van der Waals surface area contributed by atoms with Gasteiger partial charge in [-0.1, -0.05) is 18.2 Å². The van der Waals surface area contributed by atoms with Crippen molar-refractivity contribution in [2.24, 2.45) is 0 Å². The summed E-state index contributed by atoms with van der Waals surface area (Å²) in [4.78, 5) is 25.0. The zero-order chi connectivity index (χ0) is 13.5. The van der Waals surface area contributed by atoms with Crippen molar-refractivity contribution >= 4 is 11.9 Å². The number of rotatable bonds is 4. The summed E-state index contributed by atoms with van der Waals surface area (Å²) in [5, 5.41) is 2.52. The fourth-order valence-corrected chi connectivity index (χ4v) is 1.29. The molecule has 1 rings (SSSR count). The summed E-state index contributed by atoms with van der Waals surface area (Å²) >= 11 is 0. The SMILES string of the molecule is COC(=O)/C(=C\N(C)C)NC(=O)c1ccccc1. The third-order valence-corrected chi connectivity index (χ3v) is 2.08. The average molecular weight is 248 g/mol. The molecule has 0 spiro atoms. The van der Waals surface area contributed by atoms with Crippen LogP contribution in [0.3, 0.4) is 0 Å². The van der Waals surface area contributed by atoms with Crippen LogP contribution in [0.2, 0.25) is 0 Å². The number of carbonyl (C=O) groups is 2. The van der Waals surface area contributed by atoms with Gasteiger partial charge >= 0.3 is 5.97 Å². The van der Waals surface area contributed by atoms with Crippen molar-refractivity contribution in [3.8, 4) is 0 Å². The van der Waals surface area contributed by atoms with Crippen molar-refractivity contribution in [3.63, 3.8) is 0 Å². The van der Waals surface area contributed by atoms with Crippen LogP contribution in [0.4, 0.5) is 0 Å². The van der Waals surface area contributed by atoms with E-state index in [9.17, 15) is 9.59 Å². The van der Waals surface area contributed by atoms with Gasteiger partial charge in [0.05, 0.1) is 7.11 Å². The van der Waals surface area contributed by atoms with E-state index in [1.165, 1.54) is 13.3 Å². The predicted octanol–water partition coefficient (Wildman–Crippen LogP) is 0.992. The second-order valence-electron chi connectivity index (χ2n) is 3.82. The topological polar surface area (TPSA) is 58.6 Å². The van der Waals surface area contributed by atoms with Crippen LogP contribution in [0.15, 0.2) is 42.2 Å². The quantitative estimate of drug-likeness (QED) is 0.637. The number of nitrogens with zero attached hydrogens (tertiary/aromatic N) is 1. The third kappa shape index (κ3) is 3.93. The summed E-state index contributed by atoms with van der Waals surface area (Å²) in [5.41, 5.74) is 0.572.